The van der Waals surface area contributed by atoms with Gasteiger partial charge in [-0.15, -0.1) is 0 Å². The smallest absolute Gasteiger partial charge is 0.240 e. The van der Waals surface area contributed by atoms with Crippen LogP contribution in [0.2, 0.25) is 0 Å². The molecule has 144 valence electrons. The van der Waals surface area contributed by atoms with E-state index in [2.05, 4.69) is 4.72 Å². The summed E-state index contributed by atoms with van der Waals surface area (Å²) in [5.74, 6) is -0.121. The third-order valence-electron chi connectivity index (χ3n) is 4.82. The Balaban J connectivity index is 1.56. The molecular formula is C17H24N2O6S. The Labute approximate surface area is 152 Å². The van der Waals surface area contributed by atoms with E-state index in [1.807, 2.05) is 0 Å². The van der Waals surface area contributed by atoms with E-state index in [1.54, 1.807) is 23.1 Å². The van der Waals surface area contributed by atoms with Gasteiger partial charge < -0.3 is 19.8 Å². The number of likely N-dealkylation sites (tertiary alicyclic amines) is 1. The maximum absolute atomic E-state index is 12.2. The molecule has 4 unspecified atom stereocenters. The van der Waals surface area contributed by atoms with Crippen molar-refractivity contribution in [2.45, 2.75) is 48.6 Å². The first-order valence-corrected chi connectivity index (χ1v) is 10.2. The summed E-state index contributed by atoms with van der Waals surface area (Å²) < 4.78 is 32.4. The Morgan fingerprint density at radius 3 is 2.38 bits per heavy atom. The number of carbonyl (C=O) groups is 1. The lowest BCUT2D eigenvalue weighted by molar-refractivity contribution is -0.134. The highest BCUT2D eigenvalue weighted by atomic mass is 32.2. The van der Waals surface area contributed by atoms with Gasteiger partial charge in [0.1, 0.15) is 18.3 Å². The largest absolute Gasteiger partial charge is 0.388 e. The van der Waals surface area contributed by atoms with Crippen LogP contribution in [0.25, 0.3) is 0 Å². The quantitative estimate of drug-likeness (QED) is 0.607. The summed E-state index contributed by atoms with van der Waals surface area (Å²) in [6.45, 7) is 1.21. The highest BCUT2D eigenvalue weighted by Crippen LogP contribution is 2.25. The van der Waals surface area contributed by atoms with Crippen molar-refractivity contribution in [1.82, 2.24) is 9.62 Å². The normalized spacial score (nSPS) is 29.2. The Kier molecular flexibility index (Phi) is 5.93. The van der Waals surface area contributed by atoms with Crippen LogP contribution in [0.4, 0.5) is 0 Å². The van der Waals surface area contributed by atoms with Crippen molar-refractivity contribution in [1.29, 1.82) is 0 Å². The summed E-state index contributed by atoms with van der Waals surface area (Å²) in [4.78, 5) is 14.0. The summed E-state index contributed by atoms with van der Waals surface area (Å²) in [5, 5.41) is 20.3. The van der Waals surface area contributed by atoms with E-state index in [0.717, 1.165) is 12.8 Å². The van der Waals surface area contributed by atoms with Gasteiger partial charge in [-0.3, -0.25) is 4.79 Å². The Bertz CT molecular complexity index is 720. The number of carbonyl (C=O) groups excluding carboxylic acids is 1. The number of ether oxygens (including phenoxy) is 1. The molecule has 9 heteroatoms. The summed E-state index contributed by atoms with van der Waals surface area (Å²) in [6, 6.07) is 7.85. The van der Waals surface area contributed by atoms with Crippen LogP contribution >= 0.6 is 0 Å². The fourth-order valence-corrected chi connectivity index (χ4v) is 4.37. The molecule has 0 radical (unpaired) electrons. The van der Waals surface area contributed by atoms with Crippen LogP contribution in [0, 0.1) is 0 Å². The molecule has 26 heavy (non-hydrogen) atoms. The van der Waals surface area contributed by atoms with E-state index in [0.29, 0.717) is 13.1 Å². The van der Waals surface area contributed by atoms with Crippen molar-refractivity contribution < 1.29 is 28.2 Å². The van der Waals surface area contributed by atoms with Gasteiger partial charge in [-0.1, -0.05) is 18.2 Å². The lowest BCUT2D eigenvalue weighted by atomic mass is 10.1. The van der Waals surface area contributed by atoms with E-state index < -0.39 is 34.4 Å². The second-order valence-corrected chi connectivity index (χ2v) is 8.42. The molecule has 1 amide bonds. The van der Waals surface area contributed by atoms with Crippen LogP contribution in [-0.4, -0.2) is 73.5 Å². The molecule has 0 bridgehead atoms. The fraction of sp³-hybridized carbons (Fsp3) is 0.588. The van der Waals surface area contributed by atoms with Crippen LogP contribution in [-0.2, 0) is 19.6 Å². The summed E-state index contributed by atoms with van der Waals surface area (Å²) in [5.41, 5.74) is 0. The van der Waals surface area contributed by atoms with Crippen molar-refractivity contribution in [2.75, 3.05) is 19.6 Å². The molecule has 2 heterocycles. The van der Waals surface area contributed by atoms with Gasteiger partial charge in [0.15, 0.2) is 0 Å². The predicted octanol–water partition coefficient (Wildman–Crippen LogP) is -0.533. The molecule has 0 saturated carbocycles. The molecule has 4 atom stereocenters. The number of aliphatic hydroxyl groups excluding tert-OH is 2. The highest BCUT2D eigenvalue weighted by molar-refractivity contribution is 7.89. The monoisotopic (exact) mass is 384 g/mol. The number of hydrogen-bond acceptors (Lipinski definition) is 6. The van der Waals surface area contributed by atoms with Crippen LogP contribution < -0.4 is 4.72 Å². The van der Waals surface area contributed by atoms with E-state index in [9.17, 15) is 23.4 Å². The van der Waals surface area contributed by atoms with Gasteiger partial charge in [-0.05, 0) is 25.0 Å². The summed E-state index contributed by atoms with van der Waals surface area (Å²) >= 11 is 0. The SMILES string of the molecule is O=C(CC1OC(CNS(=O)(=O)c2ccccc2)C(O)C1O)N1CCCC1. The maximum Gasteiger partial charge on any atom is 0.240 e. The van der Waals surface area contributed by atoms with Crippen LogP contribution in [0.15, 0.2) is 35.2 Å². The fourth-order valence-electron chi connectivity index (χ4n) is 3.31. The maximum atomic E-state index is 12.2. The van der Waals surface area contributed by atoms with Gasteiger partial charge in [0.25, 0.3) is 0 Å². The average molecular weight is 384 g/mol. The van der Waals surface area contributed by atoms with Gasteiger partial charge in [0.2, 0.25) is 15.9 Å². The Morgan fingerprint density at radius 2 is 1.73 bits per heavy atom. The molecule has 3 rings (SSSR count). The van der Waals surface area contributed by atoms with Gasteiger partial charge in [-0.2, -0.15) is 0 Å². The minimum absolute atomic E-state index is 0.0276. The highest BCUT2D eigenvalue weighted by Gasteiger charge is 2.44. The zero-order valence-corrected chi connectivity index (χ0v) is 15.1. The number of hydrogen-bond donors (Lipinski definition) is 3. The molecule has 0 spiro atoms. The first-order valence-electron chi connectivity index (χ1n) is 8.72. The second kappa shape index (κ2) is 8.01. The number of nitrogens with zero attached hydrogens (tertiary/aromatic N) is 1. The number of nitrogens with one attached hydrogen (secondary N) is 1. The third-order valence-corrected chi connectivity index (χ3v) is 6.26. The number of aliphatic hydroxyl groups is 2. The molecule has 2 aliphatic heterocycles. The third kappa shape index (κ3) is 4.24. The summed E-state index contributed by atoms with van der Waals surface area (Å²) in [6.07, 6.45) is -2.35. The Hall–Kier alpha value is -1.52. The molecule has 0 aliphatic carbocycles. The molecule has 3 N–H and O–H groups in total. The van der Waals surface area contributed by atoms with Crippen molar-refractivity contribution in [2.24, 2.45) is 0 Å². The molecule has 2 saturated heterocycles. The topological polar surface area (TPSA) is 116 Å². The number of benzene rings is 1. The summed E-state index contributed by atoms with van der Waals surface area (Å²) in [7, 11) is -3.74. The molecule has 2 fully saturated rings. The van der Waals surface area contributed by atoms with Crippen molar-refractivity contribution in [3.05, 3.63) is 30.3 Å². The molecular weight excluding hydrogens is 360 g/mol. The molecule has 0 aromatic heterocycles. The molecule has 1 aromatic rings. The van der Waals surface area contributed by atoms with Crippen molar-refractivity contribution in [3.8, 4) is 0 Å². The molecule has 8 nitrogen and oxygen atoms in total. The van der Waals surface area contributed by atoms with Crippen molar-refractivity contribution >= 4 is 15.9 Å². The lowest BCUT2D eigenvalue weighted by Gasteiger charge is -2.19. The van der Waals surface area contributed by atoms with Gasteiger partial charge in [0.05, 0.1) is 17.4 Å². The first-order chi connectivity index (χ1) is 12.4. The molecule has 2 aliphatic rings. The van der Waals surface area contributed by atoms with E-state index in [-0.39, 0.29) is 23.8 Å². The number of rotatable bonds is 6. The van der Waals surface area contributed by atoms with E-state index in [1.165, 1.54) is 12.1 Å². The minimum atomic E-state index is -3.74. The van der Waals surface area contributed by atoms with Crippen LogP contribution in [0.1, 0.15) is 19.3 Å². The van der Waals surface area contributed by atoms with Gasteiger partial charge in [-0.25, -0.2) is 13.1 Å². The van der Waals surface area contributed by atoms with Crippen molar-refractivity contribution in [3.63, 3.8) is 0 Å². The number of amides is 1. The standard InChI is InChI=1S/C17H24N2O6S/c20-15(19-8-4-5-9-19)10-13-16(21)17(22)14(25-13)11-18-26(23,24)12-6-2-1-3-7-12/h1-3,6-7,13-14,16-18,21-22H,4-5,8-11H2. The van der Waals surface area contributed by atoms with Crippen LogP contribution in [0.5, 0.6) is 0 Å². The average Bonchev–Trinajstić information content (AvgIpc) is 3.26. The zero-order chi connectivity index (χ0) is 18.7. The van der Waals surface area contributed by atoms with E-state index in [4.69, 9.17) is 4.74 Å². The lowest BCUT2D eigenvalue weighted by Crippen LogP contribution is -2.40. The van der Waals surface area contributed by atoms with Gasteiger partial charge in [0, 0.05) is 19.6 Å². The van der Waals surface area contributed by atoms with Gasteiger partial charge >= 0.3 is 0 Å². The zero-order valence-electron chi connectivity index (χ0n) is 14.3. The predicted molar refractivity (Wildman–Crippen MR) is 92.7 cm³/mol. The first kappa shape index (κ1) is 19.2. The van der Waals surface area contributed by atoms with Crippen LogP contribution in [0.3, 0.4) is 0 Å². The minimum Gasteiger partial charge on any atom is -0.388 e. The number of sulfonamides is 1. The van der Waals surface area contributed by atoms with E-state index >= 15 is 0 Å². The molecule has 1 aromatic carbocycles. The Morgan fingerprint density at radius 1 is 1.12 bits per heavy atom. The second-order valence-electron chi connectivity index (χ2n) is 6.65.